The van der Waals surface area contributed by atoms with Gasteiger partial charge in [0.05, 0.1) is 5.84 Å². The Morgan fingerprint density at radius 1 is 1.00 bits per heavy atom. The summed E-state index contributed by atoms with van der Waals surface area (Å²) in [5.41, 5.74) is 5.62. The van der Waals surface area contributed by atoms with Crippen LogP contribution in [0.15, 0.2) is 17.1 Å². The quantitative estimate of drug-likeness (QED) is 0.257. The van der Waals surface area contributed by atoms with Crippen LogP contribution in [0.25, 0.3) is 0 Å². The number of nitrogens with zero attached hydrogens (tertiary/aromatic N) is 2. The smallest absolute Gasteiger partial charge is 0.0988 e. The summed E-state index contributed by atoms with van der Waals surface area (Å²) in [6.45, 7) is 6.42. The van der Waals surface area contributed by atoms with E-state index < -0.39 is 0 Å². The van der Waals surface area contributed by atoms with Crippen molar-refractivity contribution < 1.29 is 0 Å². The molecule has 0 fully saturated rings. The van der Waals surface area contributed by atoms with Crippen LogP contribution < -0.4 is 5.73 Å². The maximum absolute atomic E-state index is 5.62. The number of amidine groups is 1. The average Bonchev–Trinajstić information content (AvgIpc) is 2.72. The van der Waals surface area contributed by atoms with E-state index in [0.717, 1.165) is 38.9 Å². The second-order valence-corrected chi connectivity index (χ2v) is 7.97. The predicted molar refractivity (Wildman–Crippen MR) is 125 cm³/mol. The van der Waals surface area contributed by atoms with E-state index >= 15 is 0 Å². The Kier molecular flexibility index (Phi) is 16.9. The lowest BCUT2D eigenvalue weighted by Crippen LogP contribution is -2.36. The summed E-state index contributed by atoms with van der Waals surface area (Å²) in [5, 5.41) is 0. The van der Waals surface area contributed by atoms with Crippen molar-refractivity contribution in [1.82, 2.24) is 4.90 Å². The van der Waals surface area contributed by atoms with Gasteiger partial charge in [-0.05, 0) is 57.6 Å². The normalized spacial score (nSPS) is 14.2. The van der Waals surface area contributed by atoms with Gasteiger partial charge < -0.3 is 10.6 Å². The molecule has 3 heteroatoms. The SMILES string of the molecule is CCCCCCC#C/C=C\CCCCCCCC1=NCCCN1CCCCN. The van der Waals surface area contributed by atoms with Crippen molar-refractivity contribution in [2.24, 2.45) is 10.7 Å². The molecular weight excluding hydrogens is 342 g/mol. The van der Waals surface area contributed by atoms with E-state index in [1.165, 1.54) is 89.4 Å². The number of hydrogen-bond acceptors (Lipinski definition) is 3. The molecule has 0 saturated carbocycles. The monoisotopic (exact) mass is 387 g/mol. The molecule has 0 atom stereocenters. The Morgan fingerprint density at radius 3 is 2.68 bits per heavy atom. The summed E-state index contributed by atoms with van der Waals surface area (Å²) in [6.07, 6.45) is 23.0. The Labute approximate surface area is 175 Å². The molecule has 0 aromatic heterocycles. The first kappa shape index (κ1) is 24.8. The molecule has 3 nitrogen and oxygen atoms in total. The van der Waals surface area contributed by atoms with E-state index in [1.54, 1.807) is 0 Å². The molecule has 0 bridgehead atoms. The molecule has 0 aromatic rings. The maximum atomic E-state index is 5.62. The molecular formula is C25H45N3. The number of unbranched alkanes of at least 4 members (excludes halogenated alkanes) is 10. The molecule has 0 unspecified atom stereocenters. The van der Waals surface area contributed by atoms with Crippen LogP contribution >= 0.6 is 0 Å². The molecule has 0 radical (unpaired) electrons. The van der Waals surface area contributed by atoms with E-state index in [9.17, 15) is 0 Å². The lowest BCUT2D eigenvalue weighted by atomic mass is 10.1. The summed E-state index contributed by atoms with van der Waals surface area (Å²) < 4.78 is 0. The van der Waals surface area contributed by atoms with Gasteiger partial charge in [0, 0.05) is 32.5 Å². The molecule has 0 spiro atoms. The van der Waals surface area contributed by atoms with Gasteiger partial charge in [-0.3, -0.25) is 4.99 Å². The van der Waals surface area contributed by atoms with E-state index in [2.05, 4.69) is 35.8 Å². The van der Waals surface area contributed by atoms with Crippen LogP contribution in [0.2, 0.25) is 0 Å². The molecule has 1 rings (SSSR count). The van der Waals surface area contributed by atoms with Crippen molar-refractivity contribution in [3.05, 3.63) is 12.2 Å². The summed E-state index contributed by atoms with van der Waals surface area (Å²) in [6, 6.07) is 0. The number of allylic oxidation sites excluding steroid dienone is 2. The molecule has 1 heterocycles. The zero-order valence-electron chi connectivity index (χ0n) is 18.6. The second kappa shape index (κ2) is 19.1. The molecule has 0 amide bonds. The summed E-state index contributed by atoms with van der Waals surface area (Å²) in [7, 11) is 0. The van der Waals surface area contributed by atoms with Gasteiger partial charge in [-0.2, -0.15) is 0 Å². The first-order chi connectivity index (χ1) is 13.9. The Bertz CT molecular complexity index is 470. The van der Waals surface area contributed by atoms with E-state index in [-0.39, 0.29) is 0 Å². The second-order valence-electron chi connectivity index (χ2n) is 7.97. The molecule has 28 heavy (non-hydrogen) atoms. The van der Waals surface area contributed by atoms with Crippen LogP contribution in [0.1, 0.15) is 103 Å². The minimum Gasteiger partial charge on any atom is -0.360 e. The Balaban J connectivity index is 1.97. The fourth-order valence-electron chi connectivity index (χ4n) is 3.61. The van der Waals surface area contributed by atoms with Gasteiger partial charge in [0.1, 0.15) is 0 Å². The van der Waals surface area contributed by atoms with Gasteiger partial charge in [-0.25, -0.2) is 0 Å². The van der Waals surface area contributed by atoms with E-state index in [0.29, 0.717) is 0 Å². The standard InChI is InChI=1S/C25H45N3/c1-2-3-4-5-6-7-8-9-10-11-12-13-14-15-16-20-25-27-22-19-24-28(25)23-18-17-21-26/h9-10H,2-6,11-24,26H2,1H3/b10-9-. The number of hydrogen-bond donors (Lipinski definition) is 1. The van der Waals surface area contributed by atoms with Gasteiger partial charge in [0.25, 0.3) is 0 Å². The van der Waals surface area contributed by atoms with Crippen molar-refractivity contribution in [3.63, 3.8) is 0 Å². The highest BCUT2D eigenvalue weighted by Gasteiger charge is 2.13. The highest BCUT2D eigenvalue weighted by atomic mass is 15.2. The van der Waals surface area contributed by atoms with Crippen molar-refractivity contribution in [1.29, 1.82) is 0 Å². The van der Waals surface area contributed by atoms with Crippen LogP contribution in [0.3, 0.4) is 0 Å². The number of rotatable bonds is 16. The van der Waals surface area contributed by atoms with Gasteiger partial charge in [0.2, 0.25) is 0 Å². The number of aliphatic imine (C=N–C) groups is 1. The molecule has 0 aromatic carbocycles. The summed E-state index contributed by atoms with van der Waals surface area (Å²) in [5.74, 6) is 7.79. The van der Waals surface area contributed by atoms with Gasteiger partial charge in [0.15, 0.2) is 0 Å². The van der Waals surface area contributed by atoms with E-state index in [4.69, 9.17) is 10.7 Å². The first-order valence-corrected chi connectivity index (χ1v) is 12.0. The summed E-state index contributed by atoms with van der Waals surface area (Å²) in [4.78, 5) is 7.29. The third kappa shape index (κ3) is 13.8. The van der Waals surface area contributed by atoms with Crippen molar-refractivity contribution in [3.8, 4) is 11.8 Å². The molecule has 160 valence electrons. The van der Waals surface area contributed by atoms with Crippen molar-refractivity contribution in [2.45, 2.75) is 103 Å². The number of nitrogens with two attached hydrogens (primary N) is 1. The minimum absolute atomic E-state index is 0.807. The lowest BCUT2D eigenvalue weighted by Gasteiger charge is -2.29. The fourth-order valence-corrected chi connectivity index (χ4v) is 3.61. The molecule has 0 saturated heterocycles. The Morgan fingerprint density at radius 2 is 1.82 bits per heavy atom. The minimum atomic E-state index is 0.807. The van der Waals surface area contributed by atoms with Crippen LogP contribution in [0.4, 0.5) is 0 Å². The van der Waals surface area contributed by atoms with Crippen molar-refractivity contribution in [2.75, 3.05) is 26.2 Å². The van der Waals surface area contributed by atoms with Gasteiger partial charge in [-0.15, -0.1) is 0 Å². The highest BCUT2D eigenvalue weighted by Crippen LogP contribution is 2.13. The topological polar surface area (TPSA) is 41.6 Å². The largest absolute Gasteiger partial charge is 0.360 e. The van der Waals surface area contributed by atoms with E-state index in [1.807, 2.05) is 0 Å². The molecule has 0 aliphatic carbocycles. The third-order valence-corrected chi connectivity index (χ3v) is 5.36. The average molecular weight is 388 g/mol. The molecule has 1 aliphatic rings. The molecule has 1 aliphatic heterocycles. The fraction of sp³-hybridized carbons (Fsp3) is 0.800. The first-order valence-electron chi connectivity index (χ1n) is 12.0. The van der Waals surface area contributed by atoms with Crippen molar-refractivity contribution >= 4 is 5.84 Å². The Hall–Kier alpha value is -1.27. The lowest BCUT2D eigenvalue weighted by molar-refractivity contribution is 0.373. The predicted octanol–water partition coefficient (Wildman–Crippen LogP) is 6.09. The van der Waals surface area contributed by atoms with Gasteiger partial charge in [-0.1, -0.05) is 63.4 Å². The van der Waals surface area contributed by atoms with Crippen LogP contribution in [0, 0.1) is 11.8 Å². The zero-order chi connectivity index (χ0) is 20.1. The van der Waals surface area contributed by atoms with Crippen LogP contribution in [-0.4, -0.2) is 36.9 Å². The van der Waals surface area contributed by atoms with Crippen LogP contribution in [-0.2, 0) is 0 Å². The zero-order valence-corrected chi connectivity index (χ0v) is 18.6. The summed E-state index contributed by atoms with van der Waals surface area (Å²) >= 11 is 0. The van der Waals surface area contributed by atoms with Gasteiger partial charge >= 0.3 is 0 Å². The highest BCUT2D eigenvalue weighted by molar-refractivity contribution is 5.82. The molecule has 2 N–H and O–H groups in total. The third-order valence-electron chi connectivity index (χ3n) is 5.36. The van der Waals surface area contributed by atoms with Crippen LogP contribution in [0.5, 0.6) is 0 Å². The maximum Gasteiger partial charge on any atom is 0.0988 e.